The Bertz CT molecular complexity index is 404. The molecular formula is C12H14FNO2. The van der Waals surface area contributed by atoms with Crippen molar-refractivity contribution in [1.82, 2.24) is 0 Å². The van der Waals surface area contributed by atoms with Crippen LogP contribution in [0.2, 0.25) is 0 Å². The van der Waals surface area contributed by atoms with Gasteiger partial charge in [0.1, 0.15) is 5.82 Å². The monoisotopic (exact) mass is 223 g/mol. The number of anilines is 1. The van der Waals surface area contributed by atoms with Gasteiger partial charge in [0.05, 0.1) is 11.3 Å². The minimum Gasteiger partial charge on any atom is -0.478 e. The molecule has 0 atom stereocenters. The van der Waals surface area contributed by atoms with Crippen LogP contribution in [0.15, 0.2) is 30.9 Å². The van der Waals surface area contributed by atoms with E-state index in [1.165, 1.54) is 12.1 Å². The molecule has 1 aromatic rings. The number of carboxylic acids is 1. The van der Waals surface area contributed by atoms with Crippen LogP contribution in [0.3, 0.4) is 0 Å². The average Bonchev–Trinajstić information content (AvgIpc) is 2.26. The maximum atomic E-state index is 13.0. The molecule has 0 saturated carbocycles. The first kappa shape index (κ1) is 12.2. The highest BCUT2D eigenvalue weighted by atomic mass is 19.1. The number of nitrogens with zero attached hydrogens (tertiary/aromatic N) is 1. The van der Waals surface area contributed by atoms with Gasteiger partial charge in [-0.1, -0.05) is 6.08 Å². The third kappa shape index (κ3) is 2.59. The predicted molar refractivity (Wildman–Crippen MR) is 61.4 cm³/mol. The van der Waals surface area contributed by atoms with Gasteiger partial charge in [-0.25, -0.2) is 9.18 Å². The summed E-state index contributed by atoms with van der Waals surface area (Å²) < 4.78 is 13.0. The molecule has 1 N–H and O–H groups in total. The van der Waals surface area contributed by atoms with E-state index in [1.54, 1.807) is 6.08 Å². The van der Waals surface area contributed by atoms with Gasteiger partial charge < -0.3 is 10.0 Å². The van der Waals surface area contributed by atoms with Crippen LogP contribution in [0.4, 0.5) is 10.1 Å². The van der Waals surface area contributed by atoms with Gasteiger partial charge in [-0.3, -0.25) is 0 Å². The standard InChI is InChI=1S/C12H14FNO2/c1-3-7-14(4-2)11-6-5-9(13)8-10(11)12(15)16/h3,5-6,8H,1,4,7H2,2H3,(H,15,16). The first-order valence-electron chi connectivity index (χ1n) is 4.98. The molecule has 0 radical (unpaired) electrons. The fourth-order valence-electron chi connectivity index (χ4n) is 1.51. The molecule has 3 nitrogen and oxygen atoms in total. The lowest BCUT2D eigenvalue weighted by atomic mass is 10.1. The van der Waals surface area contributed by atoms with E-state index in [-0.39, 0.29) is 5.56 Å². The van der Waals surface area contributed by atoms with Crippen molar-refractivity contribution in [3.63, 3.8) is 0 Å². The molecule has 1 rings (SSSR count). The van der Waals surface area contributed by atoms with E-state index < -0.39 is 11.8 Å². The zero-order chi connectivity index (χ0) is 12.1. The van der Waals surface area contributed by atoms with Crippen molar-refractivity contribution in [2.75, 3.05) is 18.0 Å². The Hall–Kier alpha value is -1.84. The van der Waals surface area contributed by atoms with Gasteiger partial charge >= 0.3 is 5.97 Å². The number of hydrogen-bond acceptors (Lipinski definition) is 2. The number of hydrogen-bond donors (Lipinski definition) is 1. The van der Waals surface area contributed by atoms with Gasteiger partial charge in [0, 0.05) is 13.1 Å². The summed E-state index contributed by atoms with van der Waals surface area (Å²) in [6.45, 7) is 6.67. The van der Waals surface area contributed by atoms with Gasteiger partial charge in [0.15, 0.2) is 0 Å². The largest absolute Gasteiger partial charge is 0.478 e. The minimum atomic E-state index is -1.13. The molecule has 0 aromatic heterocycles. The summed E-state index contributed by atoms with van der Waals surface area (Å²) in [5.74, 6) is -1.67. The van der Waals surface area contributed by atoms with Crippen molar-refractivity contribution in [2.45, 2.75) is 6.92 Å². The molecule has 0 amide bonds. The lowest BCUT2D eigenvalue weighted by Crippen LogP contribution is -2.24. The lowest BCUT2D eigenvalue weighted by Gasteiger charge is -2.23. The average molecular weight is 223 g/mol. The van der Waals surface area contributed by atoms with E-state index in [2.05, 4.69) is 6.58 Å². The second-order valence-electron chi connectivity index (χ2n) is 3.29. The summed E-state index contributed by atoms with van der Waals surface area (Å²) in [6.07, 6.45) is 1.68. The molecule has 0 spiro atoms. The van der Waals surface area contributed by atoms with Crippen molar-refractivity contribution < 1.29 is 14.3 Å². The fraction of sp³-hybridized carbons (Fsp3) is 0.250. The number of likely N-dealkylation sites (N-methyl/N-ethyl adjacent to an activating group) is 1. The van der Waals surface area contributed by atoms with Crippen molar-refractivity contribution in [2.24, 2.45) is 0 Å². The van der Waals surface area contributed by atoms with Gasteiger partial charge in [-0.05, 0) is 25.1 Å². The Labute approximate surface area is 93.8 Å². The van der Waals surface area contributed by atoms with Crippen LogP contribution in [0.25, 0.3) is 0 Å². The normalized spacial score (nSPS) is 9.88. The molecule has 0 fully saturated rings. The second kappa shape index (κ2) is 5.30. The smallest absolute Gasteiger partial charge is 0.337 e. The minimum absolute atomic E-state index is 0.0244. The summed E-state index contributed by atoms with van der Waals surface area (Å²) in [6, 6.07) is 3.77. The summed E-state index contributed by atoms with van der Waals surface area (Å²) >= 11 is 0. The number of carboxylic acid groups (broad SMARTS) is 1. The Morgan fingerprint density at radius 2 is 2.31 bits per heavy atom. The van der Waals surface area contributed by atoms with Crippen molar-refractivity contribution in [1.29, 1.82) is 0 Å². The van der Waals surface area contributed by atoms with Gasteiger partial charge in [-0.15, -0.1) is 6.58 Å². The lowest BCUT2D eigenvalue weighted by molar-refractivity contribution is 0.0697. The Kier molecular flexibility index (Phi) is 4.05. The zero-order valence-electron chi connectivity index (χ0n) is 9.11. The topological polar surface area (TPSA) is 40.5 Å². The molecule has 1 aromatic carbocycles. The van der Waals surface area contributed by atoms with Gasteiger partial charge in [0.2, 0.25) is 0 Å². The highest BCUT2D eigenvalue weighted by Gasteiger charge is 2.15. The van der Waals surface area contributed by atoms with Crippen molar-refractivity contribution in [3.8, 4) is 0 Å². The molecule has 16 heavy (non-hydrogen) atoms. The van der Waals surface area contributed by atoms with E-state index >= 15 is 0 Å². The van der Waals surface area contributed by atoms with Crippen LogP contribution >= 0.6 is 0 Å². The molecule has 0 aliphatic heterocycles. The van der Waals surface area contributed by atoms with Crippen LogP contribution in [-0.2, 0) is 0 Å². The molecule has 0 unspecified atom stereocenters. The van der Waals surface area contributed by atoms with Gasteiger partial charge in [-0.2, -0.15) is 0 Å². The van der Waals surface area contributed by atoms with E-state index in [0.717, 1.165) is 6.07 Å². The number of benzene rings is 1. The second-order valence-corrected chi connectivity index (χ2v) is 3.29. The van der Waals surface area contributed by atoms with Crippen LogP contribution in [0.5, 0.6) is 0 Å². The number of aromatic carboxylic acids is 1. The quantitative estimate of drug-likeness (QED) is 0.780. The van der Waals surface area contributed by atoms with E-state index in [9.17, 15) is 9.18 Å². The number of carbonyl (C=O) groups is 1. The van der Waals surface area contributed by atoms with Gasteiger partial charge in [0.25, 0.3) is 0 Å². The maximum absolute atomic E-state index is 13.0. The maximum Gasteiger partial charge on any atom is 0.337 e. The van der Waals surface area contributed by atoms with E-state index in [1.807, 2.05) is 11.8 Å². The summed E-state index contributed by atoms with van der Waals surface area (Å²) in [7, 11) is 0. The Morgan fingerprint density at radius 1 is 1.62 bits per heavy atom. The van der Waals surface area contributed by atoms with Crippen LogP contribution in [0, 0.1) is 5.82 Å². The van der Waals surface area contributed by atoms with Crippen LogP contribution in [0.1, 0.15) is 17.3 Å². The third-order valence-corrected chi connectivity index (χ3v) is 2.26. The highest BCUT2D eigenvalue weighted by molar-refractivity contribution is 5.94. The summed E-state index contributed by atoms with van der Waals surface area (Å²) in [5.41, 5.74) is 0.486. The predicted octanol–water partition coefficient (Wildman–Crippen LogP) is 2.54. The molecule has 0 heterocycles. The van der Waals surface area contributed by atoms with E-state index in [4.69, 9.17) is 5.11 Å². The molecule has 0 aliphatic rings. The SMILES string of the molecule is C=CCN(CC)c1ccc(F)cc1C(=O)O. The van der Waals surface area contributed by atoms with Crippen molar-refractivity contribution >= 4 is 11.7 Å². The molecular weight excluding hydrogens is 209 g/mol. The fourth-order valence-corrected chi connectivity index (χ4v) is 1.51. The molecule has 0 bridgehead atoms. The number of rotatable bonds is 5. The Balaban J connectivity index is 3.19. The third-order valence-electron chi connectivity index (χ3n) is 2.26. The first-order chi connectivity index (χ1) is 7.60. The van der Waals surface area contributed by atoms with E-state index in [0.29, 0.717) is 18.8 Å². The molecule has 4 heteroatoms. The van der Waals surface area contributed by atoms with Crippen LogP contribution < -0.4 is 4.90 Å². The van der Waals surface area contributed by atoms with Crippen molar-refractivity contribution in [3.05, 3.63) is 42.2 Å². The van der Waals surface area contributed by atoms with Crippen LogP contribution in [-0.4, -0.2) is 24.2 Å². The zero-order valence-corrected chi connectivity index (χ0v) is 9.11. The number of halogens is 1. The highest BCUT2D eigenvalue weighted by Crippen LogP contribution is 2.21. The summed E-state index contributed by atoms with van der Waals surface area (Å²) in [4.78, 5) is 12.8. The summed E-state index contributed by atoms with van der Waals surface area (Å²) in [5, 5.41) is 8.98. The molecule has 0 saturated heterocycles. The molecule has 0 aliphatic carbocycles. The Morgan fingerprint density at radius 3 is 2.81 bits per heavy atom. The molecule has 86 valence electrons. The first-order valence-corrected chi connectivity index (χ1v) is 4.98.